The molecule has 0 aliphatic rings. The van der Waals surface area contributed by atoms with Crippen molar-refractivity contribution in [3.63, 3.8) is 0 Å². The van der Waals surface area contributed by atoms with E-state index in [2.05, 4.69) is 10.2 Å². The normalized spacial score (nSPS) is 15.2. The van der Waals surface area contributed by atoms with Gasteiger partial charge in [0.2, 0.25) is 5.89 Å². The van der Waals surface area contributed by atoms with Crippen LogP contribution in [-0.4, -0.2) is 35.0 Å². The molecule has 1 aromatic rings. The summed E-state index contributed by atoms with van der Waals surface area (Å²) in [5.41, 5.74) is 5.56. The first-order valence-corrected chi connectivity index (χ1v) is 4.49. The summed E-state index contributed by atoms with van der Waals surface area (Å²) in [6.07, 6.45) is -0.439. The maximum absolute atomic E-state index is 9.14. The summed E-state index contributed by atoms with van der Waals surface area (Å²) in [4.78, 5) is 1.68. The molecule has 0 spiro atoms. The molecule has 6 heteroatoms. The van der Waals surface area contributed by atoms with Crippen LogP contribution in [-0.2, 0) is 0 Å². The van der Waals surface area contributed by atoms with Crippen molar-refractivity contribution in [2.45, 2.75) is 26.0 Å². The number of nitrogens with two attached hydrogens (primary N) is 1. The van der Waals surface area contributed by atoms with Crippen LogP contribution in [0.25, 0.3) is 0 Å². The molecule has 1 aromatic heterocycles. The molecule has 0 bridgehead atoms. The molecular weight excluding hydrogens is 184 g/mol. The highest BCUT2D eigenvalue weighted by molar-refractivity contribution is 5.22. The zero-order valence-electron chi connectivity index (χ0n) is 8.64. The molecule has 0 saturated carbocycles. The summed E-state index contributed by atoms with van der Waals surface area (Å²) in [6.45, 7) is 3.91. The largest absolute Gasteiger partial charge is 0.406 e. The number of nitrogens with zero attached hydrogens (tertiary/aromatic N) is 3. The summed E-state index contributed by atoms with van der Waals surface area (Å²) >= 11 is 0. The number of hydrogen-bond donors (Lipinski definition) is 2. The summed E-state index contributed by atoms with van der Waals surface area (Å²) in [5, 5.41) is 16.7. The third-order valence-electron chi connectivity index (χ3n) is 1.68. The van der Waals surface area contributed by atoms with Gasteiger partial charge < -0.3 is 20.2 Å². The highest BCUT2D eigenvalue weighted by atomic mass is 16.4. The molecule has 6 nitrogen and oxygen atoms in total. The van der Waals surface area contributed by atoms with Crippen molar-refractivity contribution in [2.24, 2.45) is 5.73 Å². The minimum Gasteiger partial charge on any atom is -0.406 e. The molecule has 2 unspecified atom stereocenters. The third-order valence-corrected chi connectivity index (χ3v) is 1.68. The van der Waals surface area contributed by atoms with Gasteiger partial charge >= 0.3 is 6.01 Å². The monoisotopic (exact) mass is 200 g/mol. The van der Waals surface area contributed by atoms with Crippen molar-refractivity contribution in [3.8, 4) is 0 Å². The number of likely N-dealkylation sites (N-methyl/N-ethyl adjacent to an activating group) is 1. The van der Waals surface area contributed by atoms with Crippen LogP contribution >= 0.6 is 0 Å². The lowest BCUT2D eigenvalue weighted by Gasteiger charge is -2.15. The number of rotatable bonds is 4. The number of aliphatic hydroxyl groups is 1. The van der Waals surface area contributed by atoms with E-state index in [-0.39, 0.29) is 6.04 Å². The molecule has 0 aliphatic carbocycles. The Morgan fingerprint density at radius 1 is 1.50 bits per heavy atom. The van der Waals surface area contributed by atoms with E-state index in [0.717, 1.165) is 0 Å². The van der Waals surface area contributed by atoms with Crippen LogP contribution in [0, 0.1) is 0 Å². The van der Waals surface area contributed by atoms with Crippen molar-refractivity contribution in [1.29, 1.82) is 0 Å². The predicted octanol–water partition coefficient (Wildman–Crippen LogP) is -0.0937. The Morgan fingerprint density at radius 3 is 2.57 bits per heavy atom. The molecule has 0 amide bonds. The van der Waals surface area contributed by atoms with Gasteiger partial charge in [0.05, 0.1) is 12.1 Å². The van der Waals surface area contributed by atoms with E-state index < -0.39 is 6.10 Å². The van der Waals surface area contributed by atoms with Crippen LogP contribution in [0.1, 0.15) is 25.8 Å². The highest BCUT2D eigenvalue weighted by Crippen LogP contribution is 2.14. The molecule has 1 heterocycles. The lowest BCUT2D eigenvalue weighted by molar-refractivity contribution is 0.199. The molecule has 0 aromatic carbocycles. The van der Waals surface area contributed by atoms with Gasteiger partial charge in [-0.25, -0.2) is 0 Å². The van der Waals surface area contributed by atoms with Gasteiger partial charge in [0.25, 0.3) is 0 Å². The van der Waals surface area contributed by atoms with E-state index in [9.17, 15) is 0 Å². The van der Waals surface area contributed by atoms with Crippen LogP contribution in [0.2, 0.25) is 0 Å². The Bertz CT molecular complexity index is 285. The Balaban J connectivity index is 2.66. The molecule has 0 saturated heterocycles. The van der Waals surface area contributed by atoms with E-state index in [0.29, 0.717) is 18.5 Å². The second-order valence-corrected chi connectivity index (χ2v) is 3.44. The molecule has 0 radical (unpaired) electrons. The lowest BCUT2D eigenvalue weighted by atomic mass is 10.4. The molecule has 0 fully saturated rings. The van der Waals surface area contributed by atoms with E-state index in [4.69, 9.17) is 15.3 Å². The highest BCUT2D eigenvalue weighted by Gasteiger charge is 2.14. The van der Waals surface area contributed by atoms with E-state index >= 15 is 0 Å². The fourth-order valence-corrected chi connectivity index (χ4v) is 1.04. The average molecular weight is 200 g/mol. The fourth-order valence-electron chi connectivity index (χ4n) is 1.04. The summed E-state index contributed by atoms with van der Waals surface area (Å²) < 4.78 is 5.28. The summed E-state index contributed by atoms with van der Waals surface area (Å²) in [7, 11) is 1.77. The topological polar surface area (TPSA) is 88.4 Å². The van der Waals surface area contributed by atoms with Gasteiger partial charge in [-0.1, -0.05) is 5.10 Å². The van der Waals surface area contributed by atoms with Crippen LogP contribution < -0.4 is 10.6 Å². The summed E-state index contributed by atoms with van der Waals surface area (Å²) in [6, 6.07) is 0.106. The van der Waals surface area contributed by atoms with Crippen LogP contribution in [0.5, 0.6) is 0 Å². The van der Waals surface area contributed by atoms with Crippen molar-refractivity contribution in [2.75, 3.05) is 18.5 Å². The Morgan fingerprint density at radius 2 is 2.14 bits per heavy atom. The van der Waals surface area contributed by atoms with E-state index in [1.54, 1.807) is 25.8 Å². The Kier molecular flexibility index (Phi) is 3.43. The first-order chi connectivity index (χ1) is 6.50. The van der Waals surface area contributed by atoms with Gasteiger partial charge in [0.1, 0.15) is 0 Å². The molecular formula is C8H16N4O2. The number of anilines is 1. The second kappa shape index (κ2) is 4.39. The standard InChI is InChI=1S/C8H16N4O2/c1-5(13)4-12(3)8-11-10-7(14-8)6(2)9/h5-6,13H,4,9H2,1-3H3. The Hall–Kier alpha value is -1.14. The molecule has 80 valence electrons. The number of aromatic nitrogens is 2. The maximum atomic E-state index is 9.14. The van der Waals surface area contributed by atoms with Gasteiger partial charge in [-0.05, 0) is 13.8 Å². The van der Waals surface area contributed by atoms with Crippen LogP contribution in [0.3, 0.4) is 0 Å². The van der Waals surface area contributed by atoms with E-state index in [1.165, 1.54) is 0 Å². The SMILES string of the molecule is CC(O)CN(C)c1nnc(C(C)N)o1. The molecule has 1 rings (SSSR count). The molecule has 0 aliphatic heterocycles. The molecule has 14 heavy (non-hydrogen) atoms. The summed E-state index contributed by atoms with van der Waals surface area (Å²) in [5.74, 6) is 0.400. The van der Waals surface area contributed by atoms with Gasteiger partial charge in [0, 0.05) is 13.6 Å². The van der Waals surface area contributed by atoms with Crippen molar-refractivity contribution >= 4 is 6.01 Å². The molecule has 2 atom stereocenters. The van der Waals surface area contributed by atoms with Crippen LogP contribution in [0.4, 0.5) is 6.01 Å². The van der Waals surface area contributed by atoms with E-state index in [1.807, 2.05) is 0 Å². The van der Waals surface area contributed by atoms with Gasteiger partial charge in [-0.3, -0.25) is 0 Å². The number of hydrogen-bond acceptors (Lipinski definition) is 6. The quantitative estimate of drug-likeness (QED) is 0.706. The first-order valence-electron chi connectivity index (χ1n) is 4.49. The number of aliphatic hydroxyl groups excluding tert-OH is 1. The van der Waals surface area contributed by atoms with Crippen molar-refractivity contribution in [3.05, 3.63) is 5.89 Å². The molecule has 3 N–H and O–H groups in total. The fraction of sp³-hybridized carbons (Fsp3) is 0.750. The van der Waals surface area contributed by atoms with Crippen molar-refractivity contribution < 1.29 is 9.52 Å². The second-order valence-electron chi connectivity index (χ2n) is 3.44. The van der Waals surface area contributed by atoms with Gasteiger partial charge in [-0.2, -0.15) is 0 Å². The zero-order chi connectivity index (χ0) is 10.7. The third kappa shape index (κ3) is 2.68. The average Bonchev–Trinajstić information content (AvgIpc) is 2.50. The maximum Gasteiger partial charge on any atom is 0.318 e. The Labute approximate surface area is 82.7 Å². The minimum atomic E-state index is -0.439. The minimum absolute atomic E-state index is 0.267. The van der Waals surface area contributed by atoms with Gasteiger partial charge in [-0.15, -0.1) is 5.10 Å². The van der Waals surface area contributed by atoms with Crippen LogP contribution in [0.15, 0.2) is 4.42 Å². The smallest absolute Gasteiger partial charge is 0.318 e. The zero-order valence-corrected chi connectivity index (χ0v) is 8.64. The predicted molar refractivity (Wildman–Crippen MR) is 51.9 cm³/mol. The van der Waals surface area contributed by atoms with Gasteiger partial charge in [0.15, 0.2) is 0 Å². The van der Waals surface area contributed by atoms with Crippen molar-refractivity contribution in [1.82, 2.24) is 10.2 Å². The lowest BCUT2D eigenvalue weighted by Crippen LogP contribution is -2.27. The first kappa shape index (κ1) is 10.9.